The predicted octanol–water partition coefficient (Wildman–Crippen LogP) is 2.26. The third kappa shape index (κ3) is 2.27. The molecular formula is C16H21NO3. The number of hydrogen-bond donors (Lipinski definition) is 1. The van der Waals surface area contributed by atoms with Gasteiger partial charge < -0.3 is 19.5 Å². The Balaban J connectivity index is 1.46. The van der Waals surface area contributed by atoms with Crippen LogP contribution < -0.4 is 14.8 Å². The third-order valence-electron chi connectivity index (χ3n) is 4.51. The van der Waals surface area contributed by atoms with Crippen molar-refractivity contribution in [3.63, 3.8) is 0 Å². The molecular weight excluding hydrogens is 254 g/mol. The van der Waals surface area contributed by atoms with Crippen molar-refractivity contribution in [3.05, 3.63) is 23.8 Å². The van der Waals surface area contributed by atoms with Gasteiger partial charge in [-0.3, -0.25) is 0 Å². The fraction of sp³-hybridized carbons (Fsp3) is 0.625. The van der Waals surface area contributed by atoms with Gasteiger partial charge in [-0.05, 0) is 25.3 Å². The van der Waals surface area contributed by atoms with E-state index in [4.69, 9.17) is 14.2 Å². The molecule has 0 aliphatic carbocycles. The van der Waals surface area contributed by atoms with Crippen molar-refractivity contribution >= 4 is 0 Å². The molecule has 0 radical (unpaired) electrons. The van der Waals surface area contributed by atoms with Crippen LogP contribution in [0.2, 0.25) is 0 Å². The van der Waals surface area contributed by atoms with Crippen LogP contribution in [0.25, 0.3) is 0 Å². The minimum absolute atomic E-state index is 0.416. The summed E-state index contributed by atoms with van der Waals surface area (Å²) in [4.78, 5) is 0. The molecule has 2 saturated heterocycles. The molecule has 4 heteroatoms. The molecule has 0 aromatic heterocycles. The van der Waals surface area contributed by atoms with Gasteiger partial charge in [-0.15, -0.1) is 0 Å². The lowest BCUT2D eigenvalue weighted by atomic mass is 9.95. The molecule has 3 aliphatic rings. The maximum absolute atomic E-state index is 5.89. The Labute approximate surface area is 119 Å². The number of benzene rings is 1. The number of para-hydroxylation sites is 1. The van der Waals surface area contributed by atoms with E-state index >= 15 is 0 Å². The summed E-state index contributed by atoms with van der Waals surface area (Å²) in [5.41, 5.74) is 1.19. The molecule has 1 aromatic rings. The number of ether oxygens (including phenoxy) is 3. The highest BCUT2D eigenvalue weighted by atomic mass is 16.5. The van der Waals surface area contributed by atoms with E-state index in [1.807, 2.05) is 12.1 Å². The minimum Gasteiger partial charge on any atom is -0.490 e. The van der Waals surface area contributed by atoms with Crippen LogP contribution in [0.1, 0.15) is 31.2 Å². The second kappa shape index (κ2) is 5.26. The SMILES string of the molecule is c1cc(CNC2CC3CCC2O3)c2c(c1)OCCCO2. The molecule has 3 heterocycles. The number of rotatable bonds is 3. The number of nitrogens with one attached hydrogen (secondary N) is 1. The number of fused-ring (bicyclic) bond motifs is 3. The third-order valence-corrected chi connectivity index (χ3v) is 4.51. The highest BCUT2D eigenvalue weighted by Crippen LogP contribution is 2.36. The molecule has 0 saturated carbocycles. The second-order valence-corrected chi connectivity index (χ2v) is 5.89. The van der Waals surface area contributed by atoms with Gasteiger partial charge in [-0.25, -0.2) is 0 Å². The van der Waals surface area contributed by atoms with E-state index < -0.39 is 0 Å². The Morgan fingerprint density at radius 2 is 2.10 bits per heavy atom. The summed E-state index contributed by atoms with van der Waals surface area (Å²) in [6.45, 7) is 2.30. The van der Waals surface area contributed by atoms with Crippen molar-refractivity contribution in [2.24, 2.45) is 0 Å². The summed E-state index contributed by atoms with van der Waals surface area (Å²) in [6.07, 6.45) is 5.44. The molecule has 20 heavy (non-hydrogen) atoms. The summed E-state index contributed by atoms with van der Waals surface area (Å²) in [5.74, 6) is 1.80. The van der Waals surface area contributed by atoms with E-state index in [2.05, 4.69) is 11.4 Å². The van der Waals surface area contributed by atoms with E-state index in [9.17, 15) is 0 Å². The number of hydrogen-bond acceptors (Lipinski definition) is 4. The van der Waals surface area contributed by atoms with Crippen LogP contribution in [0.15, 0.2) is 18.2 Å². The van der Waals surface area contributed by atoms with Crippen LogP contribution in [-0.4, -0.2) is 31.5 Å². The van der Waals surface area contributed by atoms with Gasteiger partial charge in [0.1, 0.15) is 0 Å². The van der Waals surface area contributed by atoms with E-state index in [0.29, 0.717) is 18.2 Å². The van der Waals surface area contributed by atoms with Crippen LogP contribution in [0, 0.1) is 0 Å². The molecule has 108 valence electrons. The molecule has 4 rings (SSSR count). The monoisotopic (exact) mass is 275 g/mol. The maximum Gasteiger partial charge on any atom is 0.165 e. The fourth-order valence-electron chi connectivity index (χ4n) is 3.49. The summed E-state index contributed by atoms with van der Waals surface area (Å²) in [6, 6.07) is 6.65. The van der Waals surface area contributed by atoms with Gasteiger partial charge in [0.05, 0.1) is 25.4 Å². The first kappa shape index (κ1) is 12.5. The smallest absolute Gasteiger partial charge is 0.165 e. The topological polar surface area (TPSA) is 39.7 Å². The average molecular weight is 275 g/mol. The van der Waals surface area contributed by atoms with Crippen LogP contribution in [-0.2, 0) is 11.3 Å². The molecule has 1 aromatic carbocycles. The van der Waals surface area contributed by atoms with Crippen molar-refractivity contribution in [2.45, 2.75) is 50.5 Å². The Morgan fingerprint density at radius 3 is 2.95 bits per heavy atom. The molecule has 2 bridgehead atoms. The highest BCUT2D eigenvalue weighted by Gasteiger charge is 2.40. The first-order valence-corrected chi connectivity index (χ1v) is 7.66. The highest BCUT2D eigenvalue weighted by molar-refractivity contribution is 5.47. The van der Waals surface area contributed by atoms with E-state index in [-0.39, 0.29) is 0 Å². The van der Waals surface area contributed by atoms with Crippen LogP contribution in [0.4, 0.5) is 0 Å². The normalized spacial score (nSPS) is 31.3. The second-order valence-electron chi connectivity index (χ2n) is 5.89. The van der Waals surface area contributed by atoms with Crippen LogP contribution in [0.3, 0.4) is 0 Å². The summed E-state index contributed by atoms with van der Waals surface area (Å²) >= 11 is 0. The van der Waals surface area contributed by atoms with E-state index in [1.54, 1.807) is 0 Å². The van der Waals surface area contributed by atoms with Gasteiger partial charge in [0.25, 0.3) is 0 Å². The Morgan fingerprint density at radius 1 is 1.15 bits per heavy atom. The minimum atomic E-state index is 0.416. The molecule has 4 nitrogen and oxygen atoms in total. The molecule has 0 spiro atoms. The molecule has 3 aliphatic heterocycles. The quantitative estimate of drug-likeness (QED) is 0.918. The van der Waals surface area contributed by atoms with Gasteiger partial charge in [0, 0.05) is 24.6 Å². The molecule has 3 atom stereocenters. The predicted molar refractivity (Wildman–Crippen MR) is 75.2 cm³/mol. The summed E-state index contributed by atoms with van der Waals surface area (Å²) < 4.78 is 17.5. The van der Waals surface area contributed by atoms with E-state index in [0.717, 1.165) is 44.1 Å². The lowest BCUT2D eigenvalue weighted by Crippen LogP contribution is -2.37. The molecule has 2 fully saturated rings. The summed E-state index contributed by atoms with van der Waals surface area (Å²) in [5, 5.41) is 3.64. The molecule has 1 N–H and O–H groups in total. The van der Waals surface area contributed by atoms with Gasteiger partial charge in [0.15, 0.2) is 11.5 Å². The molecule has 3 unspecified atom stereocenters. The zero-order valence-electron chi connectivity index (χ0n) is 11.6. The van der Waals surface area contributed by atoms with Gasteiger partial charge in [0.2, 0.25) is 0 Å². The lowest BCUT2D eigenvalue weighted by Gasteiger charge is -2.21. The van der Waals surface area contributed by atoms with Crippen LogP contribution >= 0.6 is 0 Å². The van der Waals surface area contributed by atoms with Crippen molar-refractivity contribution < 1.29 is 14.2 Å². The summed E-state index contributed by atoms with van der Waals surface area (Å²) in [7, 11) is 0. The Bertz CT molecular complexity index is 491. The standard InChI is InChI=1S/C16H21NO3/c1-3-11(16-15(4-1)18-7-2-8-19-16)10-17-13-9-12-5-6-14(13)20-12/h1,3-4,12-14,17H,2,5-10H2. The zero-order valence-corrected chi connectivity index (χ0v) is 11.6. The van der Waals surface area contributed by atoms with Gasteiger partial charge in [-0.1, -0.05) is 12.1 Å². The van der Waals surface area contributed by atoms with Crippen molar-refractivity contribution in [2.75, 3.05) is 13.2 Å². The fourth-order valence-corrected chi connectivity index (χ4v) is 3.49. The largest absolute Gasteiger partial charge is 0.490 e. The first-order valence-electron chi connectivity index (χ1n) is 7.66. The van der Waals surface area contributed by atoms with Crippen molar-refractivity contribution in [1.82, 2.24) is 5.32 Å². The average Bonchev–Trinajstić information content (AvgIpc) is 3.00. The van der Waals surface area contributed by atoms with E-state index in [1.165, 1.54) is 18.4 Å². The van der Waals surface area contributed by atoms with Crippen LogP contribution in [0.5, 0.6) is 11.5 Å². The maximum atomic E-state index is 5.89. The Kier molecular flexibility index (Phi) is 3.28. The molecule has 0 amide bonds. The Hall–Kier alpha value is -1.26. The zero-order chi connectivity index (χ0) is 13.4. The van der Waals surface area contributed by atoms with Gasteiger partial charge in [-0.2, -0.15) is 0 Å². The van der Waals surface area contributed by atoms with Crippen molar-refractivity contribution in [1.29, 1.82) is 0 Å². The lowest BCUT2D eigenvalue weighted by molar-refractivity contribution is 0.0972. The first-order chi connectivity index (χ1) is 9.90. The van der Waals surface area contributed by atoms with Gasteiger partial charge >= 0.3 is 0 Å². The van der Waals surface area contributed by atoms with Crippen molar-refractivity contribution in [3.8, 4) is 11.5 Å².